The van der Waals surface area contributed by atoms with Crippen molar-refractivity contribution in [3.63, 3.8) is 0 Å². The highest BCUT2D eigenvalue weighted by molar-refractivity contribution is 5.93. The van der Waals surface area contributed by atoms with Crippen molar-refractivity contribution >= 4 is 11.9 Å². The van der Waals surface area contributed by atoms with Crippen molar-refractivity contribution in [1.82, 2.24) is 15.4 Å². The first-order valence-electron chi connectivity index (χ1n) is 10.9. The summed E-state index contributed by atoms with van der Waals surface area (Å²) in [5.41, 5.74) is 0.114. The van der Waals surface area contributed by atoms with Crippen molar-refractivity contribution in [1.29, 1.82) is 0 Å². The van der Waals surface area contributed by atoms with Gasteiger partial charge >= 0.3 is 5.97 Å². The highest BCUT2D eigenvalue weighted by atomic mass is 19.1. The lowest BCUT2D eigenvalue weighted by atomic mass is 9.89. The van der Waals surface area contributed by atoms with Crippen molar-refractivity contribution in [2.24, 2.45) is 11.8 Å². The molecule has 4 atom stereocenters. The Kier molecular flexibility index (Phi) is 6.55. The number of benzene rings is 1. The Morgan fingerprint density at radius 3 is 2.72 bits per heavy atom. The molecule has 2 fully saturated rings. The number of esters is 1. The van der Waals surface area contributed by atoms with Gasteiger partial charge in [-0.15, -0.1) is 0 Å². The number of hydrogen-bond acceptors (Lipinski definition) is 6. The summed E-state index contributed by atoms with van der Waals surface area (Å²) >= 11 is 0. The summed E-state index contributed by atoms with van der Waals surface area (Å²) in [5.74, 6) is -2.45. The summed E-state index contributed by atoms with van der Waals surface area (Å²) in [6, 6.07) is 4.40. The summed E-state index contributed by atoms with van der Waals surface area (Å²) in [7, 11) is 1.35. The minimum absolute atomic E-state index is 0.0284. The molecule has 2 heterocycles. The van der Waals surface area contributed by atoms with Crippen LogP contribution in [0.1, 0.15) is 43.2 Å². The maximum Gasteiger partial charge on any atom is 0.312 e. The molecule has 2 aliphatic rings. The van der Waals surface area contributed by atoms with Gasteiger partial charge < -0.3 is 14.6 Å². The Morgan fingerprint density at radius 1 is 1.22 bits per heavy atom. The first-order valence-corrected chi connectivity index (χ1v) is 10.9. The number of halogens is 2. The van der Waals surface area contributed by atoms with E-state index in [0.717, 1.165) is 25.1 Å². The molecular formula is C23H27F2N3O4. The maximum absolute atomic E-state index is 14.0. The number of carbonyl (C=O) groups is 2. The molecule has 7 nitrogen and oxygen atoms in total. The van der Waals surface area contributed by atoms with Gasteiger partial charge in [-0.1, -0.05) is 18.5 Å². The minimum atomic E-state index is -0.801. The van der Waals surface area contributed by atoms with Crippen LogP contribution in [0, 0.1) is 23.5 Å². The summed E-state index contributed by atoms with van der Waals surface area (Å²) < 4.78 is 37.3. The number of aromatic nitrogens is 1. The predicted molar refractivity (Wildman–Crippen MR) is 112 cm³/mol. The number of rotatable bonds is 5. The van der Waals surface area contributed by atoms with Crippen LogP contribution in [-0.2, 0) is 9.53 Å². The summed E-state index contributed by atoms with van der Waals surface area (Å²) in [5, 5.41) is 6.59. The SMILES string of the molecule is COC(=O)C1CN(C2CCCC2C)CCC1NC(=O)c1cc(-c2ccc(F)cc2F)no1. The molecule has 4 rings (SSSR count). The fourth-order valence-electron chi connectivity index (χ4n) is 4.96. The fourth-order valence-corrected chi connectivity index (χ4v) is 4.96. The number of amides is 1. The van der Waals surface area contributed by atoms with Crippen LogP contribution in [0.2, 0.25) is 0 Å². The average Bonchev–Trinajstić information content (AvgIpc) is 3.43. The molecule has 9 heteroatoms. The van der Waals surface area contributed by atoms with Crippen molar-refractivity contribution in [3.05, 3.63) is 41.7 Å². The molecule has 0 spiro atoms. The molecule has 0 radical (unpaired) electrons. The van der Waals surface area contributed by atoms with Crippen LogP contribution in [0.3, 0.4) is 0 Å². The largest absolute Gasteiger partial charge is 0.469 e. The topological polar surface area (TPSA) is 84.7 Å². The molecule has 1 aliphatic carbocycles. The van der Waals surface area contributed by atoms with Crippen molar-refractivity contribution in [2.45, 2.75) is 44.7 Å². The minimum Gasteiger partial charge on any atom is -0.469 e. The van der Waals surface area contributed by atoms with E-state index in [4.69, 9.17) is 9.26 Å². The normalized spacial score (nSPS) is 26.1. The molecule has 4 unspecified atom stereocenters. The zero-order valence-corrected chi connectivity index (χ0v) is 18.1. The van der Waals surface area contributed by atoms with E-state index in [0.29, 0.717) is 24.9 Å². The summed E-state index contributed by atoms with van der Waals surface area (Å²) in [6.07, 6.45) is 4.09. The molecule has 0 bridgehead atoms. The van der Waals surface area contributed by atoms with E-state index < -0.39 is 29.5 Å². The fraction of sp³-hybridized carbons (Fsp3) is 0.522. The van der Waals surface area contributed by atoms with Crippen LogP contribution in [0.5, 0.6) is 0 Å². The van der Waals surface area contributed by atoms with Gasteiger partial charge in [0.05, 0.1) is 13.0 Å². The summed E-state index contributed by atoms with van der Waals surface area (Å²) in [4.78, 5) is 27.6. The number of nitrogens with one attached hydrogen (secondary N) is 1. The van der Waals surface area contributed by atoms with Gasteiger partial charge in [0.15, 0.2) is 0 Å². The number of likely N-dealkylation sites (tertiary alicyclic amines) is 1. The highest BCUT2D eigenvalue weighted by Gasteiger charge is 2.40. The molecule has 1 amide bonds. The van der Waals surface area contributed by atoms with Crippen LogP contribution < -0.4 is 5.32 Å². The molecule has 1 saturated carbocycles. The van der Waals surface area contributed by atoms with E-state index >= 15 is 0 Å². The maximum atomic E-state index is 14.0. The highest BCUT2D eigenvalue weighted by Crippen LogP contribution is 2.33. The second kappa shape index (κ2) is 9.36. The standard InChI is InChI=1S/C23H27F2N3O4/c1-13-4-3-5-20(13)28-9-8-18(16(12-28)23(30)31-2)26-22(29)21-11-19(27-32-21)15-7-6-14(24)10-17(15)25/h6-7,10-11,13,16,18,20H,3-5,8-9,12H2,1-2H3,(H,26,29). The lowest BCUT2D eigenvalue weighted by Crippen LogP contribution is -2.56. The van der Waals surface area contributed by atoms with E-state index in [-0.39, 0.29) is 23.0 Å². The third kappa shape index (κ3) is 4.53. The van der Waals surface area contributed by atoms with Gasteiger partial charge in [-0.3, -0.25) is 14.5 Å². The smallest absolute Gasteiger partial charge is 0.312 e. The number of carbonyl (C=O) groups excluding carboxylic acids is 2. The third-order valence-electron chi connectivity index (χ3n) is 6.69. The van der Waals surface area contributed by atoms with E-state index in [2.05, 4.69) is 22.3 Å². The molecule has 2 aromatic rings. The van der Waals surface area contributed by atoms with E-state index in [1.807, 2.05) is 0 Å². The van der Waals surface area contributed by atoms with Crippen molar-refractivity contribution in [3.8, 4) is 11.3 Å². The number of hydrogen-bond donors (Lipinski definition) is 1. The molecule has 172 valence electrons. The molecule has 1 aliphatic heterocycles. The monoisotopic (exact) mass is 447 g/mol. The quantitative estimate of drug-likeness (QED) is 0.708. The Morgan fingerprint density at radius 2 is 2.03 bits per heavy atom. The Bertz CT molecular complexity index is 995. The van der Waals surface area contributed by atoms with Crippen molar-refractivity contribution < 1.29 is 27.6 Å². The number of nitrogens with zero attached hydrogens (tertiary/aromatic N) is 2. The van der Waals surface area contributed by atoms with E-state index in [1.165, 1.54) is 32.1 Å². The average molecular weight is 447 g/mol. The number of piperidine rings is 1. The van der Waals surface area contributed by atoms with Gasteiger partial charge in [-0.05, 0) is 37.3 Å². The molecule has 1 aromatic heterocycles. The Balaban J connectivity index is 1.46. The zero-order valence-electron chi connectivity index (χ0n) is 18.1. The van der Waals surface area contributed by atoms with Gasteiger partial charge in [0.1, 0.15) is 17.3 Å². The van der Waals surface area contributed by atoms with Gasteiger partial charge in [0.2, 0.25) is 5.76 Å². The molecular weight excluding hydrogens is 420 g/mol. The van der Waals surface area contributed by atoms with Crippen LogP contribution in [0.25, 0.3) is 11.3 Å². The van der Waals surface area contributed by atoms with Crippen molar-refractivity contribution in [2.75, 3.05) is 20.2 Å². The number of ether oxygens (including phenoxy) is 1. The van der Waals surface area contributed by atoms with Crippen LogP contribution in [0.15, 0.2) is 28.8 Å². The van der Waals surface area contributed by atoms with Gasteiger partial charge in [-0.25, -0.2) is 8.78 Å². The van der Waals surface area contributed by atoms with E-state index in [9.17, 15) is 18.4 Å². The van der Waals surface area contributed by atoms with Gasteiger partial charge in [0, 0.05) is 42.9 Å². The first-order chi connectivity index (χ1) is 15.4. The molecule has 1 saturated heterocycles. The number of methoxy groups -OCH3 is 1. The second-order valence-electron chi connectivity index (χ2n) is 8.67. The van der Waals surface area contributed by atoms with Gasteiger partial charge in [-0.2, -0.15) is 0 Å². The molecule has 1 N–H and O–H groups in total. The zero-order chi connectivity index (χ0) is 22.8. The lowest BCUT2D eigenvalue weighted by molar-refractivity contribution is -0.148. The summed E-state index contributed by atoms with van der Waals surface area (Å²) in [6.45, 7) is 3.54. The Labute approximate surface area is 185 Å². The lowest BCUT2D eigenvalue weighted by Gasteiger charge is -2.41. The van der Waals surface area contributed by atoms with E-state index in [1.54, 1.807) is 0 Å². The second-order valence-corrected chi connectivity index (χ2v) is 8.67. The first kappa shape index (κ1) is 22.4. The van der Waals surface area contributed by atoms with Crippen LogP contribution in [-0.4, -0.2) is 54.2 Å². The molecule has 32 heavy (non-hydrogen) atoms. The molecule has 1 aromatic carbocycles. The predicted octanol–water partition coefficient (Wildman–Crippen LogP) is 3.40. The van der Waals surface area contributed by atoms with Gasteiger partial charge in [0.25, 0.3) is 5.91 Å². The third-order valence-corrected chi connectivity index (χ3v) is 6.69. The van der Waals surface area contributed by atoms with Crippen LogP contribution >= 0.6 is 0 Å². The van der Waals surface area contributed by atoms with Crippen LogP contribution in [0.4, 0.5) is 8.78 Å². The Hall–Kier alpha value is -2.81.